The SMILES string of the molecule is CC1(C)c2ccccc2-c2cc3c4ccccc4n(C4=CC5=C(CC4)c4ccccc4C54c5ccccc5Oc5ccccc54)c3cc21. The van der Waals surface area contributed by atoms with Gasteiger partial charge in [-0.2, -0.15) is 0 Å². The smallest absolute Gasteiger partial charge is 0.132 e. The Morgan fingerprint density at radius 2 is 1.15 bits per heavy atom. The summed E-state index contributed by atoms with van der Waals surface area (Å²) in [7, 11) is 0. The van der Waals surface area contributed by atoms with Gasteiger partial charge in [0.05, 0.1) is 16.4 Å². The third-order valence-electron chi connectivity index (χ3n) is 11.8. The van der Waals surface area contributed by atoms with Crippen molar-refractivity contribution in [2.75, 3.05) is 0 Å². The van der Waals surface area contributed by atoms with Crippen molar-refractivity contribution in [2.45, 2.75) is 37.5 Å². The summed E-state index contributed by atoms with van der Waals surface area (Å²) in [4.78, 5) is 0. The summed E-state index contributed by atoms with van der Waals surface area (Å²) in [5, 5.41) is 2.63. The molecule has 228 valence electrons. The topological polar surface area (TPSA) is 14.2 Å². The van der Waals surface area contributed by atoms with Crippen LogP contribution in [0.5, 0.6) is 11.5 Å². The summed E-state index contributed by atoms with van der Waals surface area (Å²) in [6.07, 6.45) is 4.51. The summed E-state index contributed by atoms with van der Waals surface area (Å²) in [5.74, 6) is 1.88. The number of aromatic nitrogens is 1. The Kier molecular flexibility index (Phi) is 4.99. The van der Waals surface area contributed by atoms with E-state index in [0.29, 0.717) is 0 Å². The first-order valence-electron chi connectivity index (χ1n) is 17.2. The normalized spacial score (nSPS) is 17.3. The Morgan fingerprint density at radius 1 is 0.521 bits per heavy atom. The molecule has 1 aromatic heterocycles. The monoisotopic (exact) mass is 615 g/mol. The molecular formula is C46H33NO. The van der Waals surface area contributed by atoms with E-state index in [0.717, 1.165) is 24.3 Å². The van der Waals surface area contributed by atoms with E-state index in [1.54, 1.807) is 0 Å². The molecule has 4 aliphatic rings. The van der Waals surface area contributed by atoms with Gasteiger partial charge in [-0.05, 0) is 93.8 Å². The predicted octanol–water partition coefficient (Wildman–Crippen LogP) is 11.6. The Labute approximate surface area is 280 Å². The third-order valence-corrected chi connectivity index (χ3v) is 11.8. The van der Waals surface area contributed by atoms with Gasteiger partial charge in [-0.15, -0.1) is 0 Å². The van der Waals surface area contributed by atoms with Gasteiger partial charge in [0.2, 0.25) is 0 Å². The average Bonchev–Trinajstić information content (AvgIpc) is 3.69. The van der Waals surface area contributed by atoms with Gasteiger partial charge in [-0.1, -0.05) is 117 Å². The van der Waals surface area contributed by atoms with Crippen molar-refractivity contribution < 1.29 is 4.74 Å². The summed E-state index contributed by atoms with van der Waals surface area (Å²) < 4.78 is 9.20. The molecule has 0 saturated carbocycles. The highest BCUT2D eigenvalue weighted by atomic mass is 16.5. The van der Waals surface area contributed by atoms with Crippen LogP contribution in [0.2, 0.25) is 0 Å². The second-order valence-electron chi connectivity index (χ2n) is 14.4. The van der Waals surface area contributed by atoms with Crippen LogP contribution < -0.4 is 4.74 Å². The zero-order valence-corrected chi connectivity index (χ0v) is 27.0. The van der Waals surface area contributed by atoms with Crippen molar-refractivity contribution >= 4 is 33.1 Å². The van der Waals surface area contributed by atoms with Crippen LogP contribution in [0, 0.1) is 0 Å². The van der Waals surface area contributed by atoms with E-state index < -0.39 is 5.41 Å². The van der Waals surface area contributed by atoms with Crippen LogP contribution in [0.4, 0.5) is 0 Å². The molecule has 0 N–H and O–H groups in total. The molecule has 0 bridgehead atoms. The molecule has 11 rings (SSSR count). The van der Waals surface area contributed by atoms with E-state index in [2.05, 4.69) is 158 Å². The van der Waals surface area contributed by atoms with E-state index >= 15 is 0 Å². The molecule has 7 aromatic rings. The Bertz CT molecular complexity index is 2580. The highest BCUT2D eigenvalue weighted by Gasteiger charge is 2.52. The van der Waals surface area contributed by atoms with Crippen LogP contribution in [0.3, 0.4) is 0 Å². The van der Waals surface area contributed by atoms with Gasteiger partial charge in [-0.3, -0.25) is 0 Å². The third kappa shape index (κ3) is 3.09. The standard InChI is InChI=1S/C46H33NO/c1-45(2)35-16-6-3-14-30(35)33-26-34-32-15-5-10-20-41(32)47(42(34)27-39(33)45)28-23-24-31-29-13-4-7-17-36(29)46(40(31)25-28)37-18-8-11-21-43(37)48-44-22-12-9-19-38(44)46/h3-22,25-27H,23-24H2,1-2H3. The molecule has 1 spiro atoms. The van der Waals surface area contributed by atoms with Crippen molar-refractivity contribution in [2.24, 2.45) is 0 Å². The van der Waals surface area contributed by atoms with Gasteiger partial charge in [-0.25, -0.2) is 0 Å². The quantitative estimate of drug-likeness (QED) is 0.179. The Morgan fingerprint density at radius 3 is 1.92 bits per heavy atom. The van der Waals surface area contributed by atoms with E-state index in [4.69, 9.17) is 4.74 Å². The second kappa shape index (κ2) is 9.05. The van der Waals surface area contributed by atoms with Gasteiger partial charge in [0, 0.05) is 33.0 Å². The van der Waals surface area contributed by atoms with Gasteiger partial charge < -0.3 is 9.30 Å². The minimum absolute atomic E-state index is 0.0648. The molecular weight excluding hydrogens is 583 g/mol. The van der Waals surface area contributed by atoms with Crippen molar-refractivity contribution in [3.63, 3.8) is 0 Å². The maximum absolute atomic E-state index is 6.61. The lowest BCUT2D eigenvalue weighted by Gasteiger charge is -2.40. The van der Waals surface area contributed by atoms with Crippen molar-refractivity contribution in [3.8, 4) is 22.6 Å². The fraction of sp³-hybridized carbons (Fsp3) is 0.130. The predicted molar refractivity (Wildman–Crippen MR) is 197 cm³/mol. The van der Waals surface area contributed by atoms with Gasteiger partial charge in [0.1, 0.15) is 11.5 Å². The fourth-order valence-electron chi connectivity index (χ4n) is 9.77. The van der Waals surface area contributed by atoms with Crippen LogP contribution in [0.25, 0.3) is 44.2 Å². The van der Waals surface area contributed by atoms with Crippen LogP contribution in [0.1, 0.15) is 60.1 Å². The number of allylic oxidation sites excluding steroid dienone is 4. The fourth-order valence-corrected chi connectivity index (χ4v) is 9.77. The lowest BCUT2D eigenvalue weighted by Crippen LogP contribution is -2.33. The number of fused-ring (bicyclic) bond motifs is 14. The Balaban J connectivity index is 1.22. The molecule has 0 fully saturated rings. The summed E-state index contributed by atoms with van der Waals surface area (Å²) >= 11 is 0. The van der Waals surface area contributed by atoms with Crippen molar-refractivity contribution in [1.82, 2.24) is 4.57 Å². The first kappa shape index (κ1) is 26.5. The number of hydrogen-bond acceptors (Lipinski definition) is 1. The van der Waals surface area contributed by atoms with Gasteiger partial charge in [0.25, 0.3) is 0 Å². The summed E-state index contributed by atoms with van der Waals surface area (Å²) in [6, 6.07) is 49.4. The molecule has 0 saturated heterocycles. The Hall–Kier alpha value is -5.60. The lowest BCUT2D eigenvalue weighted by atomic mass is 9.64. The van der Waals surface area contributed by atoms with Crippen LogP contribution in [0.15, 0.2) is 145 Å². The minimum Gasteiger partial charge on any atom is -0.457 e. The van der Waals surface area contributed by atoms with E-state index in [1.165, 1.54) is 83.2 Å². The molecule has 2 heteroatoms. The van der Waals surface area contributed by atoms with E-state index in [1.807, 2.05) is 0 Å². The zero-order valence-electron chi connectivity index (χ0n) is 27.0. The molecule has 0 amide bonds. The minimum atomic E-state index is -0.452. The molecule has 2 heterocycles. The number of nitrogens with zero attached hydrogens (tertiary/aromatic N) is 1. The maximum atomic E-state index is 6.61. The van der Waals surface area contributed by atoms with Crippen molar-refractivity contribution in [3.05, 3.63) is 178 Å². The lowest BCUT2D eigenvalue weighted by molar-refractivity contribution is 0.435. The number of hydrogen-bond donors (Lipinski definition) is 0. The molecule has 1 aliphatic heterocycles. The number of para-hydroxylation sites is 3. The summed E-state index contributed by atoms with van der Waals surface area (Å²) in [5.41, 5.74) is 17.0. The molecule has 2 nitrogen and oxygen atoms in total. The molecule has 0 atom stereocenters. The highest BCUT2D eigenvalue weighted by molar-refractivity contribution is 6.12. The largest absolute Gasteiger partial charge is 0.457 e. The first-order chi connectivity index (χ1) is 23.6. The first-order valence-corrected chi connectivity index (χ1v) is 17.2. The van der Waals surface area contributed by atoms with Gasteiger partial charge >= 0.3 is 0 Å². The summed E-state index contributed by atoms with van der Waals surface area (Å²) in [6.45, 7) is 4.76. The van der Waals surface area contributed by atoms with E-state index in [-0.39, 0.29) is 5.41 Å². The zero-order chi connectivity index (χ0) is 31.8. The van der Waals surface area contributed by atoms with Crippen molar-refractivity contribution in [1.29, 1.82) is 0 Å². The van der Waals surface area contributed by atoms with Crippen LogP contribution >= 0.6 is 0 Å². The number of ether oxygens (including phenoxy) is 1. The molecule has 0 radical (unpaired) electrons. The average molecular weight is 616 g/mol. The van der Waals surface area contributed by atoms with Crippen LogP contribution in [-0.2, 0) is 10.8 Å². The molecule has 6 aromatic carbocycles. The number of benzene rings is 6. The van der Waals surface area contributed by atoms with E-state index in [9.17, 15) is 0 Å². The molecule has 3 aliphatic carbocycles. The maximum Gasteiger partial charge on any atom is 0.132 e. The van der Waals surface area contributed by atoms with Gasteiger partial charge in [0.15, 0.2) is 0 Å². The molecule has 48 heavy (non-hydrogen) atoms. The second-order valence-corrected chi connectivity index (χ2v) is 14.4. The highest BCUT2D eigenvalue weighted by Crippen LogP contribution is 2.63. The van der Waals surface area contributed by atoms with Crippen LogP contribution in [-0.4, -0.2) is 4.57 Å². The molecule has 0 unspecified atom stereocenters. The number of rotatable bonds is 1.